The van der Waals surface area contributed by atoms with Gasteiger partial charge in [0.15, 0.2) is 0 Å². The minimum Gasteiger partial charge on any atom is -0.481 e. The maximum absolute atomic E-state index is 12.0. The van der Waals surface area contributed by atoms with Crippen molar-refractivity contribution in [3.05, 3.63) is 22.3 Å². The van der Waals surface area contributed by atoms with Gasteiger partial charge in [0, 0.05) is 0 Å². The first kappa shape index (κ1) is 15.8. The van der Waals surface area contributed by atoms with E-state index in [1.165, 1.54) is 24.8 Å². The SMILES string of the molecule is CC(C)=C1CCC2=C(CC[C@H]3[C@](C)(C(=O)O)CCC[C@]23C)C1. The van der Waals surface area contributed by atoms with Gasteiger partial charge in [-0.2, -0.15) is 0 Å². The van der Waals surface area contributed by atoms with Crippen molar-refractivity contribution < 1.29 is 9.90 Å². The average molecular weight is 302 g/mol. The Hall–Kier alpha value is -1.05. The van der Waals surface area contributed by atoms with Crippen molar-refractivity contribution in [3.63, 3.8) is 0 Å². The molecule has 1 N–H and O–H groups in total. The van der Waals surface area contributed by atoms with E-state index in [1.807, 2.05) is 6.92 Å². The Labute approximate surface area is 134 Å². The van der Waals surface area contributed by atoms with Crippen LogP contribution in [0.3, 0.4) is 0 Å². The fourth-order valence-electron chi connectivity index (χ4n) is 5.71. The Morgan fingerprint density at radius 1 is 1.14 bits per heavy atom. The number of rotatable bonds is 1. The molecule has 3 aliphatic rings. The zero-order valence-corrected chi connectivity index (χ0v) is 14.6. The van der Waals surface area contributed by atoms with Crippen LogP contribution >= 0.6 is 0 Å². The number of allylic oxidation sites excluding steroid dienone is 4. The molecule has 2 heteroatoms. The van der Waals surface area contributed by atoms with Gasteiger partial charge >= 0.3 is 5.97 Å². The number of fused-ring (bicyclic) bond motifs is 2. The van der Waals surface area contributed by atoms with E-state index in [2.05, 4.69) is 20.8 Å². The van der Waals surface area contributed by atoms with Crippen LogP contribution in [-0.4, -0.2) is 11.1 Å². The van der Waals surface area contributed by atoms with E-state index in [0.717, 1.165) is 32.1 Å². The van der Waals surface area contributed by atoms with Crippen LogP contribution in [0.1, 0.15) is 79.1 Å². The van der Waals surface area contributed by atoms with Gasteiger partial charge in [0.2, 0.25) is 0 Å². The van der Waals surface area contributed by atoms with Gasteiger partial charge in [0.1, 0.15) is 0 Å². The lowest BCUT2D eigenvalue weighted by Gasteiger charge is -2.55. The highest BCUT2D eigenvalue weighted by Gasteiger charge is 2.55. The Balaban J connectivity index is 2.01. The van der Waals surface area contributed by atoms with Crippen molar-refractivity contribution in [1.82, 2.24) is 0 Å². The van der Waals surface area contributed by atoms with Gasteiger partial charge in [0.05, 0.1) is 5.41 Å². The van der Waals surface area contributed by atoms with Gasteiger partial charge in [0.25, 0.3) is 0 Å². The lowest BCUT2D eigenvalue weighted by molar-refractivity contribution is -0.159. The van der Waals surface area contributed by atoms with Crippen LogP contribution in [-0.2, 0) is 4.79 Å². The Bertz CT molecular complexity index is 564. The van der Waals surface area contributed by atoms with E-state index in [4.69, 9.17) is 0 Å². The highest BCUT2D eigenvalue weighted by molar-refractivity contribution is 5.75. The van der Waals surface area contributed by atoms with E-state index in [0.29, 0.717) is 5.92 Å². The van der Waals surface area contributed by atoms with Crippen LogP contribution < -0.4 is 0 Å². The predicted molar refractivity (Wildman–Crippen MR) is 89.7 cm³/mol. The molecule has 0 unspecified atom stereocenters. The summed E-state index contributed by atoms with van der Waals surface area (Å²) in [4.78, 5) is 12.0. The number of hydrogen-bond acceptors (Lipinski definition) is 1. The fraction of sp³-hybridized carbons (Fsp3) is 0.750. The first-order chi connectivity index (χ1) is 10.3. The first-order valence-electron chi connectivity index (χ1n) is 8.89. The van der Waals surface area contributed by atoms with E-state index in [-0.39, 0.29) is 5.41 Å². The molecule has 0 aliphatic heterocycles. The van der Waals surface area contributed by atoms with Crippen molar-refractivity contribution >= 4 is 5.97 Å². The summed E-state index contributed by atoms with van der Waals surface area (Å²) < 4.78 is 0. The lowest BCUT2D eigenvalue weighted by Crippen LogP contribution is -2.50. The number of aliphatic carboxylic acids is 1. The smallest absolute Gasteiger partial charge is 0.309 e. The van der Waals surface area contributed by atoms with Crippen LogP contribution in [0.4, 0.5) is 0 Å². The molecule has 3 aliphatic carbocycles. The molecule has 3 atom stereocenters. The molecular formula is C20H30O2. The minimum atomic E-state index is -0.576. The molecule has 1 fully saturated rings. The summed E-state index contributed by atoms with van der Waals surface area (Å²) in [5, 5.41) is 9.84. The zero-order chi connectivity index (χ0) is 16.1. The molecule has 0 aromatic rings. The largest absolute Gasteiger partial charge is 0.481 e. The van der Waals surface area contributed by atoms with Crippen molar-refractivity contribution in [1.29, 1.82) is 0 Å². The van der Waals surface area contributed by atoms with Gasteiger partial charge in [-0.1, -0.05) is 35.6 Å². The number of hydrogen-bond donors (Lipinski definition) is 1. The van der Waals surface area contributed by atoms with Crippen LogP contribution in [0.2, 0.25) is 0 Å². The molecule has 1 saturated carbocycles. The van der Waals surface area contributed by atoms with Gasteiger partial charge in [-0.05, 0) is 77.0 Å². The molecule has 0 radical (unpaired) electrons. The summed E-state index contributed by atoms with van der Waals surface area (Å²) in [6.07, 6.45) is 8.79. The predicted octanol–water partition coefficient (Wildman–Crippen LogP) is 5.49. The standard InChI is InChI=1S/C20H30O2/c1-13(2)14-6-8-16-15(12-14)7-9-17-19(16,3)10-5-11-20(17,4)18(21)22/h17H,5-12H2,1-4H3,(H,21,22)/t17-,19-,20-/m1/s1. The third-order valence-electron chi connectivity index (χ3n) is 7.08. The summed E-state index contributed by atoms with van der Waals surface area (Å²) in [5.41, 5.74) is 6.00. The van der Waals surface area contributed by atoms with Crippen molar-refractivity contribution in [2.45, 2.75) is 79.1 Å². The Morgan fingerprint density at radius 3 is 2.50 bits per heavy atom. The summed E-state index contributed by atoms with van der Waals surface area (Å²) >= 11 is 0. The molecule has 0 bridgehead atoms. The maximum Gasteiger partial charge on any atom is 0.309 e. The summed E-state index contributed by atoms with van der Waals surface area (Å²) in [6.45, 7) is 8.85. The monoisotopic (exact) mass is 302 g/mol. The van der Waals surface area contributed by atoms with Crippen molar-refractivity contribution in [2.24, 2.45) is 16.7 Å². The normalized spacial score (nSPS) is 38.4. The molecule has 0 aromatic heterocycles. The highest BCUT2D eigenvalue weighted by atomic mass is 16.4. The van der Waals surface area contributed by atoms with E-state index in [1.54, 1.807) is 16.7 Å². The molecule has 3 rings (SSSR count). The second-order valence-electron chi connectivity index (χ2n) is 8.45. The van der Waals surface area contributed by atoms with Crippen LogP contribution in [0.15, 0.2) is 22.3 Å². The topological polar surface area (TPSA) is 37.3 Å². The molecule has 0 spiro atoms. The minimum absolute atomic E-state index is 0.131. The molecular weight excluding hydrogens is 272 g/mol. The quantitative estimate of drug-likeness (QED) is 0.650. The molecule has 0 aromatic carbocycles. The van der Waals surface area contributed by atoms with Gasteiger partial charge < -0.3 is 5.11 Å². The fourth-order valence-corrected chi connectivity index (χ4v) is 5.71. The van der Waals surface area contributed by atoms with Gasteiger partial charge in [-0.15, -0.1) is 0 Å². The average Bonchev–Trinajstić information content (AvgIpc) is 2.46. The highest BCUT2D eigenvalue weighted by Crippen LogP contribution is 2.62. The van der Waals surface area contributed by atoms with Gasteiger partial charge in [-0.25, -0.2) is 0 Å². The van der Waals surface area contributed by atoms with Gasteiger partial charge in [-0.3, -0.25) is 4.79 Å². The number of carboxylic acid groups (broad SMARTS) is 1. The number of carbonyl (C=O) groups is 1. The second kappa shape index (κ2) is 5.25. The number of carboxylic acids is 1. The zero-order valence-electron chi connectivity index (χ0n) is 14.6. The molecule has 0 heterocycles. The summed E-state index contributed by atoms with van der Waals surface area (Å²) in [6, 6.07) is 0. The maximum atomic E-state index is 12.0. The molecule has 122 valence electrons. The van der Waals surface area contributed by atoms with E-state index < -0.39 is 11.4 Å². The Kier molecular flexibility index (Phi) is 3.78. The van der Waals surface area contributed by atoms with Crippen LogP contribution in [0.5, 0.6) is 0 Å². The molecule has 22 heavy (non-hydrogen) atoms. The van der Waals surface area contributed by atoms with E-state index in [9.17, 15) is 9.90 Å². The molecule has 2 nitrogen and oxygen atoms in total. The third-order valence-corrected chi connectivity index (χ3v) is 7.08. The molecule has 0 amide bonds. The van der Waals surface area contributed by atoms with Crippen LogP contribution in [0.25, 0.3) is 0 Å². The Morgan fingerprint density at radius 2 is 1.86 bits per heavy atom. The second-order valence-corrected chi connectivity index (χ2v) is 8.45. The lowest BCUT2D eigenvalue weighted by atomic mass is 9.48. The third kappa shape index (κ3) is 2.18. The van der Waals surface area contributed by atoms with Crippen molar-refractivity contribution in [2.75, 3.05) is 0 Å². The first-order valence-corrected chi connectivity index (χ1v) is 8.89. The summed E-state index contributed by atoms with van der Waals surface area (Å²) in [5.74, 6) is -0.258. The molecule has 0 saturated heterocycles. The van der Waals surface area contributed by atoms with E-state index >= 15 is 0 Å². The summed E-state index contributed by atoms with van der Waals surface area (Å²) in [7, 11) is 0. The van der Waals surface area contributed by atoms with Crippen molar-refractivity contribution in [3.8, 4) is 0 Å². The van der Waals surface area contributed by atoms with Crippen LogP contribution in [0, 0.1) is 16.7 Å².